The van der Waals surface area contributed by atoms with Crippen molar-refractivity contribution < 1.29 is 4.79 Å². The minimum absolute atomic E-state index is 0.0751. The number of allylic oxidation sites excluding steroid dienone is 2. The van der Waals surface area contributed by atoms with Gasteiger partial charge in [-0.25, -0.2) is 0 Å². The molecule has 0 saturated heterocycles. The Labute approximate surface area is 84.5 Å². The summed E-state index contributed by atoms with van der Waals surface area (Å²) in [5.41, 5.74) is 2.38. The van der Waals surface area contributed by atoms with Crippen LogP contribution in [-0.2, 0) is 4.79 Å². The van der Waals surface area contributed by atoms with E-state index in [1.807, 2.05) is 25.1 Å². The summed E-state index contributed by atoms with van der Waals surface area (Å²) in [6.45, 7) is 2.00. The van der Waals surface area contributed by atoms with Crippen LogP contribution >= 0.6 is 0 Å². The Morgan fingerprint density at radius 3 is 2.64 bits per heavy atom. The maximum Gasteiger partial charge on any atom is 0.140 e. The minimum atomic E-state index is 0.0751. The first kappa shape index (κ1) is 9.20. The molecule has 0 aromatic heterocycles. The molecular weight excluding hydrogens is 172 g/mol. The molecule has 1 aromatic rings. The zero-order valence-corrected chi connectivity index (χ0v) is 8.36. The quantitative estimate of drug-likeness (QED) is 0.658. The molecule has 0 fully saturated rings. The van der Waals surface area contributed by atoms with Crippen LogP contribution < -0.4 is 0 Å². The van der Waals surface area contributed by atoms with Gasteiger partial charge < -0.3 is 0 Å². The molecule has 0 bridgehead atoms. The van der Waals surface area contributed by atoms with Gasteiger partial charge in [0.2, 0.25) is 0 Å². The van der Waals surface area contributed by atoms with E-state index in [1.165, 1.54) is 11.1 Å². The summed E-state index contributed by atoms with van der Waals surface area (Å²) in [6.07, 6.45) is 3.80. The van der Waals surface area contributed by atoms with Crippen molar-refractivity contribution >= 4 is 11.4 Å². The largest absolute Gasteiger partial charge is 0.299 e. The Morgan fingerprint density at radius 1 is 1.21 bits per heavy atom. The lowest BCUT2D eigenvalue weighted by Crippen LogP contribution is -2.16. The van der Waals surface area contributed by atoms with Crippen molar-refractivity contribution in [3.05, 3.63) is 42.0 Å². The molecule has 72 valence electrons. The Morgan fingerprint density at radius 2 is 1.93 bits per heavy atom. The SMILES string of the molecule is CC1C(=O)CCC=C1c1ccccc1. The fourth-order valence-corrected chi connectivity index (χ4v) is 1.94. The third-order valence-electron chi connectivity index (χ3n) is 2.81. The van der Waals surface area contributed by atoms with E-state index in [-0.39, 0.29) is 5.92 Å². The lowest BCUT2D eigenvalue weighted by molar-refractivity contribution is -0.121. The predicted molar refractivity (Wildman–Crippen MR) is 57.8 cm³/mol. The van der Waals surface area contributed by atoms with Crippen LogP contribution in [0.15, 0.2) is 36.4 Å². The fraction of sp³-hybridized carbons (Fsp3) is 0.308. The summed E-state index contributed by atoms with van der Waals surface area (Å²) in [4.78, 5) is 11.5. The molecule has 1 aromatic carbocycles. The van der Waals surface area contributed by atoms with Crippen LogP contribution in [0.25, 0.3) is 5.57 Å². The van der Waals surface area contributed by atoms with Gasteiger partial charge in [0.25, 0.3) is 0 Å². The van der Waals surface area contributed by atoms with Crippen LogP contribution in [0, 0.1) is 5.92 Å². The molecule has 1 atom stereocenters. The maximum atomic E-state index is 11.5. The molecule has 1 unspecified atom stereocenters. The number of Topliss-reactive ketones (excluding diaryl/α,β-unsaturated/α-hetero) is 1. The average Bonchev–Trinajstić information content (AvgIpc) is 2.23. The van der Waals surface area contributed by atoms with Gasteiger partial charge >= 0.3 is 0 Å². The minimum Gasteiger partial charge on any atom is -0.299 e. The highest BCUT2D eigenvalue weighted by molar-refractivity contribution is 5.94. The van der Waals surface area contributed by atoms with Crippen molar-refractivity contribution in [2.45, 2.75) is 19.8 Å². The molecule has 2 rings (SSSR count). The smallest absolute Gasteiger partial charge is 0.140 e. The molecule has 1 nitrogen and oxygen atoms in total. The molecule has 0 spiro atoms. The highest BCUT2D eigenvalue weighted by atomic mass is 16.1. The third kappa shape index (κ3) is 1.63. The Hall–Kier alpha value is -1.37. The van der Waals surface area contributed by atoms with Gasteiger partial charge in [0.1, 0.15) is 5.78 Å². The normalized spacial score (nSPS) is 21.9. The monoisotopic (exact) mass is 186 g/mol. The molecule has 0 saturated carbocycles. The number of hydrogen-bond donors (Lipinski definition) is 0. The molecule has 0 aliphatic heterocycles. The molecule has 1 aliphatic carbocycles. The third-order valence-corrected chi connectivity index (χ3v) is 2.81. The number of benzene rings is 1. The van der Waals surface area contributed by atoms with E-state index in [4.69, 9.17) is 0 Å². The van der Waals surface area contributed by atoms with E-state index in [1.54, 1.807) is 0 Å². The summed E-state index contributed by atoms with van der Waals surface area (Å²) in [5.74, 6) is 0.442. The average molecular weight is 186 g/mol. The highest BCUT2D eigenvalue weighted by Crippen LogP contribution is 2.29. The van der Waals surface area contributed by atoms with Crippen LogP contribution in [0.1, 0.15) is 25.3 Å². The van der Waals surface area contributed by atoms with Gasteiger partial charge in [0, 0.05) is 12.3 Å². The highest BCUT2D eigenvalue weighted by Gasteiger charge is 2.21. The van der Waals surface area contributed by atoms with E-state index in [0.717, 1.165) is 6.42 Å². The van der Waals surface area contributed by atoms with Crippen LogP contribution in [0.2, 0.25) is 0 Å². The summed E-state index contributed by atoms with van der Waals surface area (Å²) in [6, 6.07) is 10.2. The second-order valence-corrected chi connectivity index (χ2v) is 3.75. The lowest BCUT2D eigenvalue weighted by Gasteiger charge is -2.19. The second-order valence-electron chi connectivity index (χ2n) is 3.75. The number of ketones is 1. The first-order valence-electron chi connectivity index (χ1n) is 5.07. The van der Waals surface area contributed by atoms with E-state index in [0.29, 0.717) is 12.2 Å². The van der Waals surface area contributed by atoms with Crippen molar-refractivity contribution in [2.24, 2.45) is 5.92 Å². The fourth-order valence-electron chi connectivity index (χ4n) is 1.94. The molecule has 0 amide bonds. The van der Waals surface area contributed by atoms with Gasteiger partial charge in [-0.2, -0.15) is 0 Å². The van der Waals surface area contributed by atoms with E-state index in [9.17, 15) is 4.79 Å². The first-order chi connectivity index (χ1) is 6.79. The van der Waals surface area contributed by atoms with Crippen LogP contribution in [0.4, 0.5) is 0 Å². The summed E-state index contributed by atoms with van der Waals surface area (Å²) in [7, 11) is 0. The van der Waals surface area contributed by atoms with Crippen molar-refractivity contribution in [3.8, 4) is 0 Å². The molecule has 1 heteroatoms. The number of hydrogen-bond acceptors (Lipinski definition) is 1. The predicted octanol–water partition coefficient (Wildman–Crippen LogP) is 3.07. The van der Waals surface area contributed by atoms with Crippen LogP contribution in [-0.4, -0.2) is 5.78 Å². The topological polar surface area (TPSA) is 17.1 Å². The number of carbonyl (C=O) groups is 1. The van der Waals surface area contributed by atoms with Gasteiger partial charge in [-0.3, -0.25) is 4.79 Å². The Kier molecular flexibility index (Phi) is 2.49. The first-order valence-corrected chi connectivity index (χ1v) is 5.07. The Balaban J connectivity index is 2.35. The second kappa shape index (κ2) is 3.79. The van der Waals surface area contributed by atoms with Crippen molar-refractivity contribution in [3.63, 3.8) is 0 Å². The molecular formula is C13H14O. The molecule has 0 heterocycles. The van der Waals surface area contributed by atoms with Gasteiger partial charge in [0.05, 0.1) is 0 Å². The van der Waals surface area contributed by atoms with E-state index < -0.39 is 0 Å². The number of rotatable bonds is 1. The molecule has 0 radical (unpaired) electrons. The van der Waals surface area contributed by atoms with Crippen molar-refractivity contribution in [2.75, 3.05) is 0 Å². The maximum absolute atomic E-state index is 11.5. The Bertz CT molecular complexity index is 362. The number of carbonyl (C=O) groups excluding carboxylic acids is 1. The molecule has 14 heavy (non-hydrogen) atoms. The van der Waals surface area contributed by atoms with Crippen molar-refractivity contribution in [1.29, 1.82) is 0 Å². The summed E-state index contributed by atoms with van der Waals surface area (Å²) in [5, 5.41) is 0. The van der Waals surface area contributed by atoms with Gasteiger partial charge in [-0.05, 0) is 17.6 Å². The van der Waals surface area contributed by atoms with Crippen LogP contribution in [0.3, 0.4) is 0 Å². The van der Waals surface area contributed by atoms with Gasteiger partial charge in [-0.15, -0.1) is 0 Å². The zero-order chi connectivity index (χ0) is 9.97. The molecule has 1 aliphatic rings. The lowest BCUT2D eigenvalue weighted by atomic mass is 9.84. The van der Waals surface area contributed by atoms with Gasteiger partial charge in [0.15, 0.2) is 0 Å². The van der Waals surface area contributed by atoms with Crippen LogP contribution in [0.5, 0.6) is 0 Å². The van der Waals surface area contributed by atoms with Gasteiger partial charge in [-0.1, -0.05) is 43.3 Å². The zero-order valence-electron chi connectivity index (χ0n) is 8.36. The molecule has 0 N–H and O–H groups in total. The summed E-state index contributed by atoms with van der Waals surface area (Å²) >= 11 is 0. The standard InChI is InChI=1S/C13H14O/c1-10-12(8-5-9-13(10)14)11-6-3-2-4-7-11/h2-4,6-8,10H,5,9H2,1H3. The summed E-state index contributed by atoms with van der Waals surface area (Å²) < 4.78 is 0. The van der Waals surface area contributed by atoms with Crippen molar-refractivity contribution in [1.82, 2.24) is 0 Å². The van der Waals surface area contributed by atoms with E-state index >= 15 is 0 Å². The van der Waals surface area contributed by atoms with E-state index in [2.05, 4.69) is 18.2 Å².